The molecule has 1 aliphatic heterocycles. The minimum absolute atomic E-state index is 0.0102. The molecule has 5 nitrogen and oxygen atoms in total. The number of hydrogen-bond donors (Lipinski definition) is 2. The molecule has 6 heteroatoms. The molecule has 0 saturated carbocycles. The summed E-state index contributed by atoms with van der Waals surface area (Å²) in [4.78, 5) is 11.3. The van der Waals surface area contributed by atoms with Gasteiger partial charge in [-0.25, -0.2) is 0 Å². The topological polar surface area (TPSA) is 59.6 Å². The van der Waals surface area contributed by atoms with Gasteiger partial charge in [-0.1, -0.05) is 6.07 Å². The highest BCUT2D eigenvalue weighted by molar-refractivity contribution is 7.80. The summed E-state index contributed by atoms with van der Waals surface area (Å²) >= 11 is 5.35. The van der Waals surface area contributed by atoms with E-state index < -0.39 is 0 Å². The van der Waals surface area contributed by atoms with Gasteiger partial charge in [0.25, 0.3) is 0 Å². The lowest BCUT2D eigenvalue weighted by Gasteiger charge is -2.18. The third-order valence-corrected chi connectivity index (χ3v) is 4.01. The molecule has 3 rings (SSSR count). The van der Waals surface area contributed by atoms with Gasteiger partial charge >= 0.3 is 0 Å². The highest BCUT2D eigenvalue weighted by atomic mass is 32.1. The molecule has 1 atom stereocenters. The van der Waals surface area contributed by atoms with Gasteiger partial charge in [-0.2, -0.15) is 0 Å². The van der Waals surface area contributed by atoms with Gasteiger partial charge < -0.3 is 20.1 Å². The number of anilines is 1. The van der Waals surface area contributed by atoms with E-state index in [0.717, 1.165) is 22.7 Å². The van der Waals surface area contributed by atoms with Crippen molar-refractivity contribution in [1.82, 2.24) is 5.32 Å². The van der Waals surface area contributed by atoms with Crippen LogP contribution in [0.1, 0.15) is 35.8 Å². The summed E-state index contributed by atoms with van der Waals surface area (Å²) in [7, 11) is 0. The molecule has 2 N–H and O–H groups in total. The van der Waals surface area contributed by atoms with Crippen molar-refractivity contribution >= 4 is 28.8 Å². The van der Waals surface area contributed by atoms with Gasteiger partial charge in [-0.3, -0.25) is 4.79 Å². The number of thiocarbonyl (C=S) groups is 1. The van der Waals surface area contributed by atoms with Crippen LogP contribution in [0.5, 0.6) is 11.5 Å². The lowest BCUT2D eigenvalue weighted by Crippen LogP contribution is -2.30. The second-order valence-electron chi connectivity index (χ2n) is 5.57. The van der Waals surface area contributed by atoms with Gasteiger partial charge in [0.05, 0.1) is 6.04 Å². The summed E-state index contributed by atoms with van der Waals surface area (Å²) < 4.78 is 10.7. The summed E-state index contributed by atoms with van der Waals surface area (Å²) in [5, 5.41) is 6.85. The SMILES string of the molecule is CC(=O)c1ccc(NC(=S)NC(C)c2ccc3c(c2)OCO3)cc1. The molecule has 0 radical (unpaired) electrons. The third kappa shape index (κ3) is 3.65. The number of ether oxygens (including phenoxy) is 2. The smallest absolute Gasteiger partial charge is 0.231 e. The number of Topliss-reactive ketones (excluding diaryl/α,β-unsaturated/α-hetero) is 1. The van der Waals surface area contributed by atoms with Crippen LogP contribution >= 0.6 is 12.2 Å². The van der Waals surface area contributed by atoms with Gasteiger partial charge in [0, 0.05) is 11.3 Å². The van der Waals surface area contributed by atoms with Crippen LogP contribution in [-0.4, -0.2) is 17.7 Å². The van der Waals surface area contributed by atoms with Gasteiger partial charge in [-0.15, -0.1) is 0 Å². The van der Waals surface area contributed by atoms with Crippen LogP contribution in [-0.2, 0) is 0 Å². The Hall–Kier alpha value is -2.60. The maximum atomic E-state index is 11.3. The molecule has 0 saturated heterocycles. The van der Waals surface area contributed by atoms with Crippen molar-refractivity contribution in [2.75, 3.05) is 12.1 Å². The molecule has 1 aliphatic rings. The van der Waals surface area contributed by atoms with Crippen molar-refractivity contribution in [2.45, 2.75) is 19.9 Å². The van der Waals surface area contributed by atoms with Crippen LogP contribution in [0.2, 0.25) is 0 Å². The minimum Gasteiger partial charge on any atom is -0.454 e. The first-order chi connectivity index (χ1) is 11.5. The summed E-state index contributed by atoms with van der Waals surface area (Å²) in [5.74, 6) is 1.55. The van der Waals surface area contributed by atoms with Crippen LogP contribution in [0.15, 0.2) is 42.5 Å². The Balaban J connectivity index is 1.60. The van der Waals surface area contributed by atoms with E-state index in [-0.39, 0.29) is 18.6 Å². The second kappa shape index (κ2) is 6.88. The molecule has 124 valence electrons. The summed E-state index contributed by atoms with van der Waals surface area (Å²) in [6, 6.07) is 13.0. The van der Waals surface area contributed by atoms with Crippen molar-refractivity contribution in [3.8, 4) is 11.5 Å². The van der Waals surface area contributed by atoms with Crippen molar-refractivity contribution in [1.29, 1.82) is 0 Å². The molecule has 0 bridgehead atoms. The Kier molecular flexibility index (Phi) is 4.66. The molecule has 0 spiro atoms. The van der Waals surface area contributed by atoms with E-state index in [2.05, 4.69) is 10.6 Å². The average molecular weight is 342 g/mol. The fourth-order valence-corrected chi connectivity index (χ4v) is 2.71. The van der Waals surface area contributed by atoms with E-state index in [9.17, 15) is 4.79 Å². The van der Waals surface area contributed by atoms with Crippen molar-refractivity contribution in [3.05, 3.63) is 53.6 Å². The Bertz CT molecular complexity index is 774. The Morgan fingerprint density at radius 1 is 1.12 bits per heavy atom. The van der Waals surface area contributed by atoms with E-state index in [1.807, 2.05) is 37.3 Å². The van der Waals surface area contributed by atoms with E-state index in [0.29, 0.717) is 10.7 Å². The van der Waals surface area contributed by atoms with E-state index in [4.69, 9.17) is 21.7 Å². The fraction of sp³-hybridized carbons (Fsp3) is 0.222. The lowest BCUT2D eigenvalue weighted by molar-refractivity contribution is 0.101. The maximum absolute atomic E-state index is 11.3. The van der Waals surface area contributed by atoms with Crippen LogP contribution < -0.4 is 20.1 Å². The van der Waals surface area contributed by atoms with Crippen molar-refractivity contribution in [3.63, 3.8) is 0 Å². The summed E-state index contributed by atoms with van der Waals surface area (Å²) in [5.41, 5.74) is 2.55. The van der Waals surface area contributed by atoms with E-state index >= 15 is 0 Å². The quantitative estimate of drug-likeness (QED) is 0.653. The molecular weight excluding hydrogens is 324 g/mol. The molecule has 24 heavy (non-hydrogen) atoms. The first-order valence-electron chi connectivity index (χ1n) is 7.61. The van der Waals surface area contributed by atoms with Crippen molar-refractivity contribution in [2.24, 2.45) is 0 Å². The van der Waals surface area contributed by atoms with Gasteiger partial charge in [0.1, 0.15) is 0 Å². The summed E-state index contributed by atoms with van der Waals surface area (Å²) in [6.07, 6.45) is 0. The Labute approximate surface area is 146 Å². The van der Waals surface area contributed by atoms with E-state index in [1.54, 1.807) is 19.1 Å². The molecular formula is C18H18N2O3S. The zero-order chi connectivity index (χ0) is 17.1. The highest BCUT2D eigenvalue weighted by Crippen LogP contribution is 2.34. The number of nitrogens with one attached hydrogen (secondary N) is 2. The Morgan fingerprint density at radius 3 is 2.54 bits per heavy atom. The Morgan fingerprint density at radius 2 is 1.83 bits per heavy atom. The van der Waals surface area contributed by atoms with Gasteiger partial charge in [0.15, 0.2) is 22.4 Å². The normalized spacial score (nSPS) is 13.2. The predicted octanol–water partition coefficient (Wildman–Crippen LogP) is 3.67. The first kappa shape index (κ1) is 16.3. The van der Waals surface area contributed by atoms with Gasteiger partial charge in [-0.05, 0) is 68.0 Å². The third-order valence-electron chi connectivity index (χ3n) is 3.79. The standard InChI is InChI=1S/C18H18N2O3S/c1-11(14-5-8-16-17(9-14)23-10-22-16)19-18(24)20-15-6-3-13(4-7-15)12(2)21/h3-9,11H,10H2,1-2H3,(H2,19,20,24). The maximum Gasteiger partial charge on any atom is 0.231 e. The molecule has 1 unspecified atom stereocenters. The van der Waals surface area contributed by atoms with Crippen LogP contribution in [0.25, 0.3) is 0 Å². The summed E-state index contributed by atoms with van der Waals surface area (Å²) in [6.45, 7) is 3.82. The lowest BCUT2D eigenvalue weighted by atomic mass is 10.1. The number of benzene rings is 2. The number of rotatable bonds is 4. The zero-order valence-electron chi connectivity index (χ0n) is 13.5. The molecule has 2 aromatic rings. The molecule has 1 heterocycles. The minimum atomic E-state index is 0.0102. The molecule has 0 fully saturated rings. The van der Waals surface area contributed by atoms with Crippen LogP contribution in [0.3, 0.4) is 0 Å². The van der Waals surface area contributed by atoms with E-state index in [1.165, 1.54) is 0 Å². The van der Waals surface area contributed by atoms with Crippen LogP contribution in [0.4, 0.5) is 5.69 Å². The van der Waals surface area contributed by atoms with Crippen molar-refractivity contribution < 1.29 is 14.3 Å². The highest BCUT2D eigenvalue weighted by Gasteiger charge is 2.16. The monoisotopic (exact) mass is 342 g/mol. The predicted molar refractivity (Wildman–Crippen MR) is 96.8 cm³/mol. The first-order valence-corrected chi connectivity index (χ1v) is 8.02. The fourth-order valence-electron chi connectivity index (χ4n) is 2.42. The number of hydrogen-bond acceptors (Lipinski definition) is 4. The number of carbonyl (C=O) groups is 1. The zero-order valence-corrected chi connectivity index (χ0v) is 14.3. The average Bonchev–Trinajstić information content (AvgIpc) is 3.02. The molecule has 0 amide bonds. The molecule has 0 aromatic heterocycles. The molecule has 2 aromatic carbocycles. The number of fused-ring (bicyclic) bond motifs is 1. The molecule has 0 aliphatic carbocycles. The van der Waals surface area contributed by atoms with Gasteiger partial charge in [0.2, 0.25) is 6.79 Å². The number of carbonyl (C=O) groups excluding carboxylic acids is 1. The second-order valence-corrected chi connectivity index (χ2v) is 5.97. The van der Waals surface area contributed by atoms with Crippen LogP contribution in [0, 0.1) is 0 Å². The number of ketones is 1. The largest absolute Gasteiger partial charge is 0.454 e.